The van der Waals surface area contributed by atoms with E-state index in [1.54, 1.807) is 49.5 Å². The van der Waals surface area contributed by atoms with Crippen LogP contribution < -0.4 is 11.0 Å². The minimum absolute atomic E-state index is 0.292. The van der Waals surface area contributed by atoms with Gasteiger partial charge in [-0.25, -0.2) is 10.1 Å². The van der Waals surface area contributed by atoms with Crippen LogP contribution in [0.1, 0.15) is 21.6 Å². The highest BCUT2D eigenvalue weighted by molar-refractivity contribution is 6.30. The number of nitrogens with one attached hydrogen (secondary N) is 2. The number of amides is 1. The molecule has 2 heterocycles. The molecular formula is C17H14ClN5O2. The van der Waals surface area contributed by atoms with E-state index in [1.807, 2.05) is 0 Å². The zero-order valence-electron chi connectivity index (χ0n) is 13.2. The van der Waals surface area contributed by atoms with Crippen LogP contribution in [-0.4, -0.2) is 26.9 Å². The van der Waals surface area contributed by atoms with E-state index < -0.39 is 5.91 Å². The third kappa shape index (κ3) is 3.67. The first-order chi connectivity index (χ1) is 12.1. The van der Waals surface area contributed by atoms with Gasteiger partial charge in [-0.05, 0) is 37.3 Å². The minimum Gasteiger partial charge on any atom is -0.295 e. The summed E-state index contributed by atoms with van der Waals surface area (Å²) >= 11 is 5.96. The lowest BCUT2D eigenvalue weighted by molar-refractivity contribution is 0.0955. The van der Waals surface area contributed by atoms with Gasteiger partial charge in [0.1, 0.15) is 0 Å². The number of aryl methyl sites for hydroxylation is 1. The molecule has 0 aliphatic carbocycles. The highest BCUT2D eigenvalue weighted by Gasteiger charge is 2.11. The highest BCUT2D eigenvalue weighted by atomic mass is 35.5. The summed E-state index contributed by atoms with van der Waals surface area (Å²) in [7, 11) is 0. The molecule has 0 saturated heterocycles. The topological polar surface area (TPSA) is 92.1 Å². The summed E-state index contributed by atoms with van der Waals surface area (Å²) in [6, 6.07) is 10.2. The van der Waals surface area contributed by atoms with E-state index in [0.717, 1.165) is 0 Å². The van der Waals surface area contributed by atoms with E-state index in [1.165, 1.54) is 17.1 Å². The Bertz CT molecular complexity index is 992. The van der Waals surface area contributed by atoms with Crippen molar-refractivity contribution in [2.45, 2.75) is 6.92 Å². The predicted molar refractivity (Wildman–Crippen MR) is 95.4 cm³/mol. The normalized spacial score (nSPS) is 11.0. The van der Waals surface area contributed by atoms with Gasteiger partial charge in [-0.2, -0.15) is 5.10 Å². The second-order valence-corrected chi connectivity index (χ2v) is 5.65. The first-order valence-electron chi connectivity index (χ1n) is 7.37. The number of rotatable bonds is 4. The van der Waals surface area contributed by atoms with E-state index in [9.17, 15) is 9.59 Å². The first-order valence-corrected chi connectivity index (χ1v) is 7.75. The SMILES string of the molecule is Cc1[nH]n(-c2cccc(Cl)c2)c(=O)c1C=NNC(=O)c1cccnc1. The zero-order valence-corrected chi connectivity index (χ0v) is 14.0. The molecule has 3 aromatic rings. The van der Waals surface area contributed by atoms with E-state index in [2.05, 4.69) is 20.6 Å². The van der Waals surface area contributed by atoms with Crippen molar-refractivity contribution >= 4 is 23.7 Å². The molecule has 0 radical (unpaired) electrons. The Morgan fingerprint density at radius 3 is 2.92 bits per heavy atom. The Morgan fingerprint density at radius 1 is 1.36 bits per heavy atom. The van der Waals surface area contributed by atoms with E-state index in [4.69, 9.17) is 11.6 Å². The molecule has 0 aliphatic heterocycles. The summed E-state index contributed by atoms with van der Waals surface area (Å²) in [6.45, 7) is 1.74. The average Bonchev–Trinajstić information content (AvgIpc) is 2.90. The molecule has 2 aromatic heterocycles. The smallest absolute Gasteiger partial charge is 0.280 e. The van der Waals surface area contributed by atoms with Gasteiger partial charge < -0.3 is 0 Å². The zero-order chi connectivity index (χ0) is 17.8. The van der Waals surface area contributed by atoms with Crippen LogP contribution in [0.2, 0.25) is 5.02 Å². The van der Waals surface area contributed by atoms with Crippen LogP contribution in [0.5, 0.6) is 0 Å². The lowest BCUT2D eigenvalue weighted by Crippen LogP contribution is -2.20. The van der Waals surface area contributed by atoms with Gasteiger partial charge in [-0.1, -0.05) is 17.7 Å². The number of hydrazone groups is 1. The van der Waals surface area contributed by atoms with Crippen molar-refractivity contribution in [3.8, 4) is 5.69 Å². The highest BCUT2D eigenvalue weighted by Crippen LogP contribution is 2.13. The van der Waals surface area contributed by atoms with Crippen molar-refractivity contribution in [1.29, 1.82) is 0 Å². The summed E-state index contributed by atoms with van der Waals surface area (Å²) in [5.41, 5.74) is 4.02. The van der Waals surface area contributed by atoms with E-state index in [-0.39, 0.29) is 5.56 Å². The fourth-order valence-electron chi connectivity index (χ4n) is 2.23. The summed E-state index contributed by atoms with van der Waals surface area (Å²) in [5.74, 6) is -0.410. The molecular weight excluding hydrogens is 342 g/mol. The number of hydrogen-bond acceptors (Lipinski definition) is 4. The van der Waals surface area contributed by atoms with Crippen LogP contribution in [0.15, 0.2) is 58.7 Å². The van der Waals surface area contributed by atoms with Crippen molar-refractivity contribution in [3.63, 3.8) is 0 Å². The number of carbonyl (C=O) groups is 1. The molecule has 0 saturated carbocycles. The summed E-state index contributed by atoms with van der Waals surface area (Å²) < 4.78 is 1.37. The molecule has 1 aromatic carbocycles. The van der Waals surface area contributed by atoms with Crippen LogP contribution in [0, 0.1) is 6.92 Å². The van der Waals surface area contributed by atoms with Crippen LogP contribution in [-0.2, 0) is 0 Å². The van der Waals surface area contributed by atoms with Crippen LogP contribution in [0.4, 0.5) is 0 Å². The fourth-order valence-corrected chi connectivity index (χ4v) is 2.41. The van der Waals surface area contributed by atoms with Gasteiger partial charge in [0.25, 0.3) is 11.5 Å². The summed E-state index contributed by atoms with van der Waals surface area (Å²) in [5, 5.41) is 7.33. The summed E-state index contributed by atoms with van der Waals surface area (Å²) in [4.78, 5) is 28.3. The van der Waals surface area contributed by atoms with Crippen molar-refractivity contribution in [1.82, 2.24) is 20.2 Å². The third-order valence-electron chi connectivity index (χ3n) is 3.47. The number of hydrogen-bond donors (Lipinski definition) is 2. The number of carbonyl (C=O) groups excluding carboxylic acids is 1. The number of H-pyrrole nitrogens is 1. The van der Waals surface area contributed by atoms with Gasteiger partial charge in [-0.15, -0.1) is 0 Å². The van der Waals surface area contributed by atoms with Crippen molar-refractivity contribution in [3.05, 3.63) is 81.0 Å². The largest absolute Gasteiger partial charge is 0.295 e. The number of aromatic amines is 1. The molecule has 2 N–H and O–H groups in total. The van der Waals surface area contributed by atoms with Crippen LogP contribution in [0.25, 0.3) is 5.69 Å². The Balaban J connectivity index is 1.82. The number of aromatic nitrogens is 3. The van der Waals surface area contributed by atoms with Crippen molar-refractivity contribution < 1.29 is 4.79 Å². The number of nitrogens with zero attached hydrogens (tertiary/aromatic N) is 3. The Morgan fingerprint density at radius 2 is 2.20 bits per heavy atom. The Hall–Kier alpha value is -3.19. The van der Waals surface area contributed by atoms with E-state index >= 15 is 0 Å². The molecule has 0 aliphatic rings. The van der Waals surface area contributed by atoms with Crippen LogP contribution in [0.3, 0.4) is 0 Å². The molecule has 1 amide bonds. The maximum absolute atomic E-state index is 12.5. The second-order valence-electron chi connectivity index (χ2n) is 5.21. The Labute approximate surface area is 148 Å². The van der Waals surface area contributed by atoms with Crippen molar-refractivity contribution in [2.75, 3.05) is 0 Å². The number of benzene rings is 1. The van der Waals surface area contributed by atoms with Gasteiger partial charge >= 0.3 is 0 Å². The number of halogens is 1. The van der Waals surface area contributed by atoms with Crippen molar-refractivity contribution in [2.24, 2.45) is 5.10 Å². The van der Waals surface area contributed by atoms with Gasteiger partial charge in [0.15, 0.2) is 0 Å². The number of pyridine rings is 1. The fraction of sp³-hybridized carbons (Fsp3) is 0.0588. The monoisotopic (exact) mass is 355 g/mol. The lowest BCUT2D eigenvalue weighted by atomic mass is 10.3. The molecule has 0 fully saturated rings. The summed E-state index contributed by atoms with van der Waals surface area (Å²) in [6.07, 6.45) is 4.31. The minimum atomic E-state index is -0.410. The van der Waals surface area contributed by atoms with Gasteiger partial charge in [-0.3, -0.25) is 19.7 Å². The molecule has 8 heteroatoms. The van der Waals surface area contributed by atoms with Crippen LogP contribution >= 0.6 is 11.6 Å². The molecule has 0 atom stereocenters. The molecule has 25 heavy (non-hydrogen) atoms. The molecule has 126 valence electrons. The van der Waals surface area contributed by atoms with Gasteiger partial charge in [0.05, 0.1) is 23.0 Å². The predicted octanol–water partition coefficient (Wildman–Crippen LogP) is 2.29. The average molecular weight is 356 g/mol. The quantitative estimate of drug-likeness (QED) is 0.555. The van der Waals surface area contributed by atoms with E-state index in [0.29, 0.717) is 27.5 Å². The second kappa shape index (κ2) is 7.14. The molecule has 0 bridgehead atoms. The Kier molecular flexibility index (Phi) is 4.76. The maximum atomic E-state index is 12.5. The van der Waals surface area contributed by atoms with Gasteiger partial charge in [0.2, 0.25) is 0 Å². The molecule has 0 spiro atoms. The third-order valence-corrected chi connectivity index (χ3v) is 3.70. The van der Waals surface area contributed by atoms with Gasteiger partial charge in [0, 0.05) is 23.1 Å². The molecule has 7 nitrogen and oxygen atoms in total. The first kappa shape index (κ1) is 16.7. The molecule has 0 unspecified atom stereocenters. The maximum Gasteiger partial charge on any atom is 0.280 e. The lowest BCUT2D eigenvalue weighted by Gasteiger charge is -2.01. The standard InChI is InChI=1S/C17H14ClN5O2/c1-11-15(10-20-21-16(24)12-4-3-7-19-9-12)17(25)23(22-11)14-6-2-5-13(18)8-14/h2-10,22H,1H3,(H,21,24). The molecule has 3 rings (SSSR count).